The molecular formula is C14H28N2O. The van der Waals surface area contributed by atoms with Crippen molar-refractivity contribution >= 4 is 0 Å². The highest BCUT2D eigenvalue weighted by atomic mass is 16.5. The molecular weight excluding hydrogens is 212 g/mol. The molecule has 2 atom stereocenters. The van der Waals surface area contributed by atoms with Gasteiger partial charge >= 0.3 is 0 Å². The van der Waals surface area contributed by atoms with Crippen molar-refractivity contribution in [1.82, 2.24) is 10.6 Å². The molecule has 2 fully saturated rings. The normalized spacial score (nSPS) is 33.4. The van der Waals surface area contributed by atoms with Crippen LogP contribution in [0.25, 0.3) is 0 Å². The van der Waals surface area contributed by atoms with Gasteiger partial charge in [0.2, 0.25) is 0 Å². The molecule has 2 N–H and O–H groups in total. The van der Waals surface area contributed by atoms with Gasteiger partial charge in [-0.3, -0.25) is 0 Å². The van der Waals surface area contributed by atoms with Crippen molar-refractivity contribution in [2.45, 2.75) is 63.5 Å². The van der Waals surface area contributed by atoms with E-state index in [9.17, 15) is 0 Å². The highest BCUT2D eigenvalue weighted by Gasteiger charge is 2.31. The molecule has 0 aromatic heterocycles. The van der Waals surface area contributed by atoms with Crippen LogP contribution in [0.1, 0.15) is 51.9 Å². The molecule has 3 nitrogen and oxygen atoms in total. The van der Waals surface area contributed by atoms with E-state index in [-0.39, 0.29) is 0 Å². The fourth-order valence-corrected chi connectivity index (χ4v) is 3.26. The van der Waals surface area contributed by atoms with Crippen molar-refractivity contribution in [3.8, 4) is 0 Å². The Bertz CT molecular complexity index is 208. The van der Waals surface area contributed by atoms with E-state index in [0.717, 1.165) is 19.7 Å². The standard InChI is InChI=1S/C14H28N2O/c1-2-7-14(8-4-9-16-14)12-15-10-6-13-5-3-11-17-13/h13,15-16H,2-12H2,1H3. The topological polar surface area (TPSA) is 33.3 Å². The first-order valence-electron chi connectivity index (χ1n) is 7.42. The predicted molar refractivity (Wildman–Crippen MR) is 71.3 cm³/mol. The molecule has 2 saturated heterocycles. The van der Waals surface area contributed by atoms with Crippen LogP contribution in [-0.2, 0) is 4.74 Å². The van der Waals surface area contributed by atoms with Crippen LogP contribution in [0.3, 0.4) is 0 Å². The smallest absolute Gasteiger partial charge is 0.0588 e. The largest absolute Gasteiger partial charge is 0.378 e. The minimum atomic E-state index is 0.394. The van der Waals surface area contributed by atoms with Crippen LogP contribution in [0.2, 0.25) is 0 Å². The van der Waals surface area contributed by atoms with E-state index in [1.54, 1.807) is 0 Å². The molecule has 0 bridgehead atoms. The summed E-state index contributed by atoms with van der Waals surface area (Å²) in [5.74, 6) is 0. The van der Waals surface area contributed by atoms with Crippen LogP contribution in [0.5, 0.6) is 0 Å². The maximum absolute atomic E-state index is 5.64. The average molecular weight is 240 g/mol. The van der Waals surface area contributed by atoms with Crippen molar-refractivity contribution < 1.29 is 4.74 Å². The van der Waals surface area contributed by atoms with Crippen molar-refractivity contribution in [3.05, 3.63) is 0 Å². The van der Waals surface area contributed by atoms with E-state index >= 15 is 0 Å². The third kappa shape index (κ3) is 3.94. The number of ether oxygens (including phenoxy) is 1. The lowest BCUT2D eigenvalue weighted by Gasteiger charge is -2.30. The molecule has 0 aliphatic carbocycles. The van der Waals surface area contributed by atoms with Crippen LogP contribution in [0.15, 0.2) is 0 Å². The molecule has 2 unspecified atom stereocenters. The van der Waals surface area contributed by atoms with Gasteiger partial charge in [-0.25, -0.2) is 0 Å². The molecule has 2 rings (SSSR count). The van der Waals surface area contributed by atoms with Crippen LogP contribution in [0.4, 0.5) is 0 Å². The van der Waals surface area contributed by atoms with Gasteiger partial charge in [-0.2, -0.15) is 0 Å². The van der Waals surface area contributed by atoms with Gasteiger partial charge in [0.25, 0.3) is 0 Å². The fraction of sp³-hybridized carbons (Fsp3) is 1.00. The average Bonchev–Trinajstić information content (AvgIpc) is 2.97. The van der Waals surface area contributed by atoms with Gasteiger partial charge in [0, 0.05) is 18.7 Å². The summed E-state index contributed by atoms with van der Waals surface area (Å²) in [4.78, 5) is 0. The molecule has 2 aliphatic rings. The van der Waals surface area contributed by atoms with E-state index in [1.165, 1.54) is 51.5 Å². The number of nitrogens with one attached hydrogen (secondary N) is 2. The molecule has 100 valence electrons. The van der Waals surface area contributed by atoms with E-state index in [2.05, 4.69) is 17.6 Å². The minimum Gasteiger partial charge on any atom is -0.378 e. The maximum atomic E-state index is 5.64. The van der Waals surface area contributed by atoms with Crippen LogP contribution in [0, 0.1) is 0 Å². The predicted octanol–water partition coefficient (Wildman–Crippen LogP) is 2.07. The monoisotopic (exact) mass is 240 g/mol. The summed E-state index contributed by atoms with van der Waals surface area (Å²) in [7, 11) is 0. The highest BCUT2D eigenvalue weighted by Crippen LogP contribution is 2.24. The summed E-state index contributed by atoms with van der Waals surface area (Å²) >= 11 is 0. The second-order valence-corrected chi connectivity index (χ2v) is 5.66. The fourth-order valence-electron chi connectivity index (χ4n) is 3.26. The Morgan fingerprint density at radius 2 is 2.35 bits per heavy atom. The van der Waals surface area contributed by atoms with E-state index in [4.69, 9.17) is 4.74 Å². The second kappa shape index (κ2) is 6.72. The van der Waals surface area contributed by atoms with Crippen LogP contribution < -0.4 is 10.6 Å². The molecule has 0 radical (unpaired) electrons. The highest BCUT2D eigenvalue weighted by molar-refractivity contribution is 4.94. The summed E-state index contributed by atoms with van der Waals surface area (Å²) in [6.45, 7) is 6.71. The van der Waals surface area contributed by atoms with Crippen molar-refractivity contribution in [1.29, 1.82) is 0 Å². The Morgan fingerprint density at radius 1 is 1.41 bits per heavy atom. The first-order valence-corrected chi connectivity index (χ1v) is 7.42. The van der Waals surface area contributed by atoms with Crippen LogP contribution >= 0.6 is 0 Å². The van der Waals surface area contributed by atoms with E-state index < -0.39 is 0 Å². The van der Waals surface area contributed by atoms with Gasteiger partial charge in [-0.15, -0.1) is 0 Å². The van der Waals surface area contributed by atoms with E-state index in [0.29, 0.717) is 11.6 Å². The Hall–Kier alpha value is -0.120. The van der Waals surface area contributed by atoms with Crippen molar-refractivity contribution in [3.63, 3.8) is 0 Å². The van der Waals surface area contributed by atoms with Gasteiger partial charge in [0.05, 0.1) is 6.10 Å². The quantitative estimate of drug-likeness (QED) is 0.668. The lowest BCUT2D eigenvalue weighted by Crippen LogP contribution is -2.48. The molecule has 0 spiro atoms. The third-order valence-electron chi connectivity index (χ3n) is 4.19. The zero-order valence-electron chi connectivity index (χ0n) is 11.3. The van der Waals surface area contributed by atoms with Crippen molar-refractivity contribution in [2.75, 3.05) is 26.2 Å². The summed E-state index contributed by atoms with van der Waals surface area (Å²) in [5.41, 5.74) is 0.394. The minimum absolute atomic E-state index is 0.394. The zero-order chi connectivity index (χ0) is 12.0. The first kappa shape index (κ1) is 13.3. The zero-order valence-corrected chi connectivity index (χ0v) is 11.3. The van der Waals surface area contributed by atoms with Gasteiger partial charge < -0.3 is 15.4 Å². The van der Waals surface area contributed by atoms with Crippen LogP contribution in [-0.4, -0.2) is 37.9 Å². The molecule has 0 amide bonds. The third-order valence-corrected chi connectivity index (χ3v) is 4.19. The second-order valence-electron chi connectivity index (χ2n) is 5.66. The molecule has 0 aromatic carbocycles. The Balaban J connectivity index is 1.61. The molecule has 17 heavy (non-hydrogen) atoms. The number of hydrogen-bond donors (Lipinski definition) is 2. The maximum Gasteiger partial charge on any atom is 0.0588 e. The summed E-state index contributed by atoms with van der Waals surface area (Å²) < 4.78 is 5.64. The van der Waals surface area contributed by atoms with Gasteiger partial charge in [-0.1, -0.05) is 13.3 Å². The van der Waals surface area contributed by atoms with Gasteiger partial charge in [-0.05, 0) is 51.6 Å². The number of rotatable bonds is 7. The Kier molecular flexibility index (Phi) is 5.26. The summed E-state index contributed by atoms with van der Waals surface area (Å²) in [6, 6.07) is 0. The SMILES string of the molecule is CCCC1(CNCCC2CCCO2)CCCN1. The summed E-state index contributed by atoms with van der Waals surface area (Å²) in [6.07, 6.45) is 9.50. The summed E-state index contributed by atoms with van der Waals surface area (Å²) in [5, 5.41) is 7.34. The van der Waals surface area contributed by atoms with E-state index in [1.807, 2.05) is 0 Å². The lowest BCUT2D eigenvalue weighted by atomic mass is 9.92. The molecule has 0 aromatic rings. The Morgan fingerprint density at radius 3 is 3.00 bits per heavy atom. The molecule has 3 heteroatoms. The van der Waals surface area contributed by atoms with Crippen molar-refractivity contribution in [2.24, 2.45) is 0 Å². The molecule has 2 aliphatic heterocycles. The molecule has 0 saturated carbocycles. The molecule has 2 heterocycles. The number of hydrogen-bond acceptors (Lipinski definition) is 3. The first-order chi connectivity index (χ1) is 8.35. The lowest BCUT2D eigenvalue weighted by molar-refractivity contribution is 0.103. The van der Waals surface area contributed by atoms with Gasteiger partial charge in [0.1, 0.15) is 0 Å². The van der Waals surface area contributed by atoms with Gasteiger partial charge in [0.15, 0.2) is 0 Å². The Labute approximate surface area is 106 Å².